The SMILES string of the molecule is Clc1ccc(CNCc2ncc(-c3ccco3)s2)cc1Cl. The summed E-state index contributed by atoms with van der Waals surface area (Å²) in [5, 5.41) is 5.50. The molecular formula is C15H12Cl2N2OS. The Morgan fingerprint density at radius 2 is 2.05 bits per heavy atom. The molecule has 3 rings (SSSR count). The third-order valence-electron chi connectivity index (χ3n) is 2.91. The van der Waals surface area contributed by atoms with E-state index in [0.717, 1.165) is 21.2 Å². The van der Waals surface area contributed by atoms with Gasteiger partial charge in [0.15, 0.2) is 0 Å². The van der Waals surface area contributed by atoms with Crippen LogP contribution in [0.3, 0.4) is 0 Å². The van der Waals surface area contributed by atoms with Crippen LogP contribution in [0, 0.1) is 0 Å². The largest absolute Gasteiger partial charge is 0.463 e. The first-order valence-electron chi connectivity index (χ1n) is 6.35. The molecular weight excluding hydrogens is 327 g/mol. The number of halogens is 2. The monoisotopic (exact) mass is 338 g/mol. The van der Waals surface area contributed by atoms with Crippen molar-refractivity contribution in [2.24, 2.45) is 0 Å². The van der Waals surface area contributed by atoms with E-state index in [4.69, 9.17) is 27.6 Å². The van der Waals surface area contributed by atoms with Crippen molar-refractivity contribution < 1.29 is 4.42 Å². The smallest absolute Gasteiger partial charge is 0.145 e. The number of benzene rings is 1. The molecule has 1 N–H and O–H groups in total. The number of thiazole rings is 1. The quantitative estimate of drug-likeness (QED) is 0.711. The van der Waals surface area contributed by atoms with Crippen molar-refractivity contribution in [3.8, 4) is 10.6 Å². The summed E-state index contributed by atoms with van der Waals surface area (Å²) >= 11 is 13.5. The zero-order valence-electron chi connectivity index (χ0n) is 11.0. The van der Waals surface area contributed by atoms with Crippen LogP contribution < -0.4 is 5.32 Å². The molecule has 0 saturated carbocycles. The molecule has 0 bridgehead atoms. The molecule has 0 atom stereocenters. The summed E-state index contributed by atoms with van der Waals surface area (Å²) in [5.74, 6) is 0.850. The highest BCUT2D eigenvalue weighted by molar-refractivity contribution is 7.15. The van der Waals surface area contributed by atoms with Gasteiger partial charge in [0.25, 0.3) is 0 Å². The lowest BCUT2D eigenvalue weighted by atomic mass is 10.2. The van der Waals surface area contributed by atoms with E-state index in [1.807, 2.05) is 30.5 Å². The van der Waals surface area contributed by atoms with Gasteiger partial charge in [-0.3, -0.25) is 0 Å². The Morgan fingerprint density at radius 1 is 1.14 bits per heavy atom. The second-order valence-corrected chi connectivity index (χ2v) is 6.38. The van der Waals surface area contributed by atoms with Gasteiger partial charge in [-0.25, -0.2) is 4.98 Å². The van der Waals surface area contributed by atoms with Crippen LogP contribution >= 0.6 is 34.5 Å². The molecule has 3 aromatic rings. The Bertz CT molecular complexity index is 725. The minimum Gasteiger partial charge on any atom is -0.463 e. The molecule has 3 nitrogen and oxygen atoms in total. The first kappa shape index (κ1) is 14.6. The van der Waals surface area contributed by atoms with Gasteiger partial charge in [-0.15, -0.1) is 11.3 Å². The predicted molar refractivity (Wildman–Crippen MR) is 86.8 cm³/mol. The van der Waals surface area contributed by atoms with Crippen LogP contribution in [0.25, 0.3) is 10.6 Å². The van der Waals surface area contributed by atoms with Crippen LogP contribution in [0.15, 0.2) is 47.2 Å². The molecule has 21 heavy (non-hydrogen) atoms. The van der Waals surface area contributed by atoms with Gasteiger partial charge in [0.2, 0.25) is 0 Å². The molecule has 108 valence electrons. The Morgan fingerprint density at radius 3 is 2.81 bits per heavy atom. The molecule has 1 aromatic carbocycles. The molecule has 2 aromatic heterocycles. The summed E-state index contributed by atoms with van der Waals surface area (Å²) in [6, 6.07) is 9.43. The number of hydrogen-bond acceptors (Lipinski definition) is 4. The van der Waals surface area contributed by atoms with E-state index in [0.29, 0.717) is 23.1 Å². The molecule has 0 aliphatic rings. The molecule has 0 radical (unpaired) electrons. The highest BCUT2D eigenvalue weighted by atomic mass is 35.5. The molecule has 0 aliphatic heterocycles. The Labute approximate surface area is 136 Å². The van der Waals surface area contributed by atoms with E-state index in [9.17, 15) is 0 Å². The Kier molecular flexibility index (Phi) is 4.60. The third-order valence-corrected chi connectivity index (χ3v) is 4.66. The van der Waals surface area contributed by atoms with Crippen molar-refractivity contribution >= 4 is 34.5 Å². The fraction of sp³-hybridized carbons (Fsp3) is 0.133. The maximum Gasteiger partial charge on any atom is 0.145 e. The van der Waals surface area contributed by atoms with E-state index in [1.165, 1.54) is 0 Å². The number of rotatable bonds is 5. The van der Waals surface area contributed by atoms with Crippen molar-refractivity contribution in [3.63, 3.8) is 0 Å². The van der Waals surface area contributed by atoms with Crippen LogP contribution in [0.1, 0.15) is 10.6 Å². The van der Waals surface area contributed by atoms with Crippen LogP contribution in [-0.2, 0) is 13.1 Å². The average Bonchev–Trinajstić information content (AvgIpc) is 3.13. The zero-order chi connectivity index (χ0) is 14.7. The molecule has 0 amide bonds. The average molecular weight is 339 g/mol. The fourth-order valence-electron chi connectivity index (χ4n) is 1.89. The van der Waals surface area contributed by atoms with Crippen molar-refractivity contribution in [1.82, 2.24) is 10.3 Å². The van der Waals surface area contributed by atoms with Gasteiger partial charge in [-0.2, -0.15) is 0 Å². The van der Waals surface area contributed by atoms with E-state index < -0.39 is 0 Å². The normalized spacial score (nSPS) is 11.0. The summed E-state index contributed by atoms with van der Waals surface area (Å²) in [6.07, 6.45) is 3.50. The van der Waals surface area contributed by atoms with Crippen LogP contribution in [0.4, 0.5) is 0 Å². The maximum atomic E-state index is 5.99. The lowest BCUT2D eigenvalue weighted by Crippen LogP contribution is -2.12. The van der Waals surface area contributed by atoms with Gasteiger partial charge in [0.05, 0.1) is 21.2 Å². The Hall–Kier alpha value is -1.33. The van der Waals surface area contributed by atoms with Crippen LogP contribution in [0.5, 0.6) is 0 Å². The van der Waals surface area contributed by atoms with Crippen molar-refractivity contribution in [1.29, 1.82) is 0 Å². The first-order chi connectivity index (χ1) is 10.2. The zero-order valence-corrected chi connectivity index (χ0v) is 13.3. The summed E-state index contributed by atoms with van der Waals surface area (Å²) in [6.45, 7) is 1.41. The second kappa shape index (κ2) is 6.62. The maximum absolute atomic E-state index is 5.99. The summed E-state index contributed by atoms with van der Waals surface area (Å²) in [4.78, 5) is 5.42. The Balaban J connectivity index is 1.57. The topological polar surface area (TPSA) is 38.1 Å². The van der Waals surface area contributed by atoms with Gasteiger partial charge < -0.3 is 9.73 Å². The number of aromatic nitrogens is 1. The first-order valence-corrected chi connectivity index (χ1v) is 7.93. The van der Waals surface area contributed by atoms with E-state index >= 15 is 0 Å². The van der Waals surface area contributed by atoms with E-state index in [1.54, 1.807) is 23.7 Å². The van der Waals surface area contributed by atoms with Crippen molar-refractivity contribution in [3.05, 3.63) is 63.4 Å². The molecule has 0 spiro atoms. The van der Waals surface area contributed by atoms with Gasteiger partial charge in [-0.05, 0) is 29.8 Å². The fourth-order valence-corrected chi connectivity index (χ4v) is 3.06. The molecule has 0 fully saturated rings. The molecule has 6 heteroatoms. The van der Waals surface area contributed by atoms with Crippen molar-refractivity contribution in [2.45, 2.75) is 13.1 Å². The number of hydrogen-bond donors (Lipinski definition) is 1. The molecule has 0 unspecified atom stereocenters. The number of nitrogens with one attached hydrogen (secondary N) is 1. The minimum absolute atomic E-state index is 0.573. The lowest BCUT2D eigenvalue weighted by Gasteiger charge is -2.04. The highest BCUT2D eigenvalue weighted by Gasteiger charge is 2.06. The van der Waals surface area contributed by atoms with Crippen LogP contribution in [-0.4, -0.2) is 4.98 Å². The standard InChI is InChI=1S/C15H12Cl2N2OS/c16-11-4-3-10(6-12(11)17)7-18-9-15-19-8-14(21-15)13-2-1-5-20-13/h1-6,8,18H,7,9H2. The van der Waals surface area contributed by atoms with E-state index in [-0.39, 0.29) is 0 Å². The van der Waals surface area contributed by atoms with Crippen molar-refractivity contribution in [2.75, 3.05) is 0 Å². The van der Waals surface area contributed by atoms with Gasteiger partial charge >= 0.3 is 0 Å². The molecule has 0 saturated heterocycles. The number of furan rings is 1. The van der Waals surface area contributed by atoms with Gasteiger partial charge in [0, 0.05) is 19.3 Å². The molecule has 2 heterocycles. The predicted octanol–water partition coefficient (Wildman–Crippen LogP) is 5.00. The van der Waals surface area contributed by atoms with E-state index in [2.05, 4.69) is 10.3 Å². The van der Waals surface area contributed by atoms with Gasteiger partial charge in [0.1, 0.15) is 10.8 Å². The summed E-state index contributed by atoms with van der Waals surface area (Å²) in [7, 11) is 0. The molecule has 0 aliphatic carbocycles. The van der Waals surface area contributed by atoms with Gasteiger partial charge in [-0.1, -0.05) is 29.3 Å². The van der Waals surface area contributed by atoms with Crippen LogP contribution in [0.2, 0.25) is 10.0 Å². The third kappa shape index (κ3) is 3.66. The number of nitrogens with zero attached hydrogens (tertiary/aromatic N) is 1. The minimum atomic E-state index is 0.573. The summed E-state index contributed by atoms with van der Waals surface area (Å²) < 4.78 is 5.35. The lowest BCUT2D eigenvalue weighted by molar-refractivity contribution is 0.583. The summed E-state index contributed by atoms with van der Waals surface area (Å²) in [5.41, 5.74) is 1.09. The second-order valence-electron chi connectivity index (χ2n) is 4.45. The highest BCUT2D eigenvalue weighted by Crippen LogP contribution is 2.26.